The Morgan fingerprint density at radius 3 is 2.89 bits per heavy atom. The van der Waals surface area contributed by atoms with Crippen LogP contribution >= 0.6 is 11.6 Å². The van der Waals surface area contributed by atoms with Gasteiger partial charge in [-0.25, -0.2) is 4.79 Å². The van der Waals surface area contributed by atoms with E-state index in [2.05, 4.69) is 12.2 Å². The predicted octanol–water partition coefficient (Wildman–Crippen LogP) is 3.27. The van der Waals surface area contributed by atoms with Crippen LogP contribution in [0, 0.1) is 0 Å². The molecule has 0 fully saturated rings. The van der Waals surface area contributed by atoms with E-state index in [4.69, 9.17) is 21.4 Å². The van der Waals surface area contributed by atoms with Gasteiger partial charge in [0, 0.05) is 13.2 Å². The normalized spacial score (nSPS) is 10.3. The maximum absolute atomic E-state index is 11.1. The minimum Gasteiger partial charge on any atom is -0.478 e. The Bertz CT molecular complexity index is 396. The molecule has 1 aromatic carbocycles. The number of aromatic carboxylic acids is 1. The summed E-state index contributed by atoms with van der Waals surface area (Å²) in [5.41, 5.74) is 0.627. The standard InChI is InChI=1S/C13H18ClNO3/c1-2-3-8-18-9-7-15-11-6-4-5-10(14)12(11)13(16)17/h4-6,15H,2-3,7-9H2,1H3,(H,16,17). The van der Waals surface area contributed by atoms with E-state index in [1.807, 2.05) is 0 Å². The van der Waals surface area contributed by atoms with Crippen LogP contribution in [-0.4, -0.2) is 30.8 Å². The molecule has 0 aliphatic carbocycles. The number of hydrogen-bond acceptors (Lipinski definition) is 3. The van der Waals surface area contributed by atoms with Crippen molar-refractivity contribution in [3.8, 4) is 0 Å². The van der Waals surface area contributed by atoms with Gasteiger partial charge in [-0.3, -0.25) is 0 Å². The number of hydrogen-bond donors (Lipinski definition) is 2. The molecular formula is C13H18ClNO3. The van der Waals surface area contributed by atoms with Crippen LogP contribution in [0.2, 0.25) is 5.02 Å². The molecule has 1 aromatic rings. The first-order valence-corrected chi connectivity index (χ1v) is 6.38. The van der Waals surface area contributed by atoms with Crippen LogP contribution in [-0.2, 0) is 4.74 Å². The van der Waals surface area contributed by atoms with Gasteiger partial charge in [-0.05, 0) is 18.6 Å². The van der Waals surface area contributed by atoms with Gasteiger partial charge in [-0.2, -0.15) is 0 Å². The van der Waals surface area contributed by atoms with Crippen LogP contribution < -0.4 is 5.32 Å². The Hall–Kier alpha value is -1.26. The number of anilines is 1. The lowest BCUT2D eigenvalue weighted by molar-refractivity contribution is 0.0698. The van der Waals surface area contributed by atoms with Crippen molar-refractivity contribution >= 4 is 23.3 Å². The minimum absolute atomic E-state index is 0.104. The van der Waals surface area contributed by atoms with Crippen LogP contribution in [0.15, 0.2) is 18.2 Å². The zero-order valence-electron chi connectivity index (χ0n) is 10.4. The lowest BCUT2D eigenvalue weighted by Gasteiger charge is -2.10. The monoisotopic (exact) mass is 271 g/mol. The predicted molar refractivity (Wildman–Crippen MR) is 72.6 cm³/mol. The van der Waals surface area contributed by atoms with Gasteiger partial charge in [-0.1, -0.05) is 31.0 Å². The van der Waals surface area contributed by atoms with Crippen molar-refractivity contribution in [3.63, 3.8) is 0 Å². The lowest BCUT2D eigenvalue weighted by Crippen LogP contribution is -2.13. The molecule has 0 saturated heterocycles. The van der Waals surface area contributed by atoms with E-state index in [0.717, 1.165) is 19.4 Å². The second kappa shape index (κ2) is 7.95. The van der Waals surface area contributed by atoms with Crippen LogP contribution in [0.5, 0.6) is 0 Å². The maximum Gasteiger partial charge on any atom is 0.339 e. The first kappa shape index (κ1) is 14.8. The number of halogens is 1. The molecule has 0 bridgehead atoms. The zero-order chi connectivity index (χ0) is 13.4. The number of carbonyl (C=O) groups is 1. The van der Waals surface area contributed by atoms with Gasteiger partial charge in [-0.15, -0.1) is 0 Å². The average Bonchev–Trinajstić information content (AvgIpc) is 2.33. The van der Waals surface area contributed by atoms with Gasteiger partial charge in [0.15, 0.2) is 0 Å². The molecule has 0 atom stereocenters. The van der Waals surface area contributed by atoms with Gasteiger partial charge in [0.2, 0.25) is 0 Å². The fourth-order valence-electron chi connectivity index (χ4n) is 1.50. The van der Waals surface area contributed by atoms with Crippen molar-refractivity contribution in [2.75, 3.05) is 25.1 Å². The van der Waals surface area contributed by atoms with Crippen LogP contribution in [0.25, 0.3) is 0 Å². The number of carboxylic acid groups (broad SMARTS) is 1. The van der Waals surface area contributed by atoms with Crippen molar-refractivity contribution in [3.05, 3.63) is 28.8 Å². The fourth-order valence-corrected chi connectivity index (χ4v) is 1.75. The van der Waals surface area contributed by atoms with E-state index >= 15 is 0 Å². The summed E-state index contributed by atoms with van der Waals surface area (Å²) in [7, 11) is 0. The minimum atomic E-state index is -1.03. The summed E-state index contributed by atoms with van der Waals surface area (Å²) in [6, 6.07) is 4.98. The van der Waals surface area contributed by atoms with Gasteiger partial charge >= 0.3 is 5.97 Å². The van der Waals surface area contributed by atoms with Crippen molar-refractivity contribution in [2.24, 2.45) is 0 Å². The van der Waals surface area contributed by atoms with Gasteiger partial charge in [0.25, 0.3) is 0 Å². The van der Waals surface area contributed by atoms with Gasteiger partial charge < -0.3 is 15.2 Å². The van der Waals surface area contributed by atoms with Crippen LogP contribution in [0.4, 0.5) is 5.69 Å². The molecule has 0 spiro atoms. The molecule has 4 nitrogen and oxygen atoms in total. The summed E-state index contributed by atoms with van der Waals surface area (Å²) in [6.45, 7) is 3.95. The molecule has 100 valence electrons. The van der Waals surface area contributed by atoms with E-state index in [1.165, 1.54) is 0 Å². The third-order valence-electron chi connectivity index (χ3n) is 2.43. The number of benzene rings is 1. The fraction of sp³-hybridized carbons (Fsp3) is 0.462. The first-order chi connectivity index (χ1) is 8.66. The van der Waals surface area contributed by atoms with Gasteiger partial charge in [0.1, 0.15) is 5.56 Å². The summed E-state index contributed by atoms with van der Waals surface area (Å²) in [5, 5.41) is 12.3. The highest BCUT2D eigenvalue weighted by Gasteiger charge is 2.13. The number of nitrogens with one attached hydrogen (secondary N) is 1. The number of ether oxygens (including phenoxy) is 1. The lowest BCUT2D eigenvalue weighted by atomic mass is 10.2. The highest BCUT2D eigenvalue weighted by Crippen LogP contribution is 2.24. The van der Waals surface area contributed by atoms with E-state index in [9.17, 15) is 4.79 Å². The molecule has 1 rings (SSSR count). The molecule has 0 radical (unpaired) electrons. The number of unbranched alkanes of at least 4 members (excludes halogenated alkanes) is 1. The number of carboxylic acids is 1. The third kappa shape index (κ3) is 4.55. The van der Waals surface area contributed by atoms with E-state index in [-0.39, 0.29) is 10.6 Å². The molecule has 0 amide bonds. The summed E-state index contributed by atoms with van der Waals surface area (Å²) >= 11 is 5.85. The van der Waals surface area contributed by atoms with Crippen LogP contribution in [0.1, 0.15) is 30.1 Å². The smallest absolute Gasteiger partial charge is 0.339 e. The topological polar surface area (TPSA) is 58.6 Å². The Morgan fingerprint density at radius 2 is 2.22 bits per heavy atom. The van der Waals surface area contributed by atoms with Crippen molar-refractivity contribution in [1.29, 1.82) is 0 Å². The Morgan fingerprint density at radius 1 is 1.44 bits per heavy atom. The van der Waals surface area contributed by atoms with Crippen molar-refractivity contribution in [2.45, 2.75) is 19.8 Å². The molecule has 0 saturated carbocycles. The van der Waals surface area contributed by atoms with E-state index < -0.39 is 5.97 Å². The van der Waals surface area contributed by atoms with Crippen LogP contribution in [0.3, 0.4) is 0 Å². The summed E-state index contributed by atoms with van der Waals surface area (Å²) in [6.07, 6.45) is 2.14. The quantitative estimate of drug-likeness (QED) is 0.713. The summed E-state index contributed by atoms with van der Waals surface area (Å²) < 4.78 is 5.38. The summed E-state index contributed by atoms with van der Waals surface area (Å²) in [5.74, 6) is -1.03. The highest BCUT2D eigenvalue weighted by molar-refractivity contribution is 6.34. The van der Waals surface area contributed by atoms with E-state index in [1.54, 1.807) is 18.2 Å². The third-order valence-corrected chi connectivity index (χ3v) is 2.75. The largest absolute Gasteiger partial charge is 0.478 e. The second-order valence-corrected chi connectivity index (χ2v) is 4.27. The maximum atomic E-state index is 11.1. The van der Waals surface area contributed by atoms with E-state index in [0.29, 0.717) is 18.8 Å². The van der Waals surface area contributed by atoms with Gasteiger partial charge in [0.05, 0.1) is 17.3 Å². The summed E-state index contributed by atoms with van der Waals surface area (Å²) in [4.78, 5) is 11.1. The molecule has 0 aromatic heterocycles. The molecular weight excluding hydrogens is 254 g/mol. The molecule has 2 N–H and O–H groups in total. The molecule has 18 heavy (non-hydrogen) atoms. The van der Waals surface area contributed by atoms with Crippen molar-refractivity contribution in [1.82, 2.24) is 0 Å². The first-order valence-electron chi connectivity index (χ1n) is 6.00. The average molecular weight is 272 g/mol. The molecule has 0 aliphatic rings. The molecule has 5 heteroatoms. The Kier molecular flexibility index (Phi) is 6.54. The van der Waals surface area contributed by atoms with Crippen molar-refractivity contribution < 1.29 is 14.6 Å². The SMILES string of the molecule is CCCCOCCNc1cccc(Cl)c1C(=O)O. The Labute approximate surface area is 112 Å². The Balaban J connectivity index is 2.47. The zero-order valence-corrected chi connectivity index (χ0v) is 11.2. The number of rotatable bonds is 8. The highest BCUT2D eigenvalue weighted by atomic mass is 35.5. The molecule has 0 aliphatic heterocycles. The molecule has 0 unspecified atom stereocenters. The molecule has 0 heterocycles. The second-order valence-electron chi connectivity index (χ2n) is 3.86.